The number of carbonyl (C=O) groups is 1. The van der Waals surface area contributed by atoms with Crippen LogP contribution in [0.4, 0.5) is 5.69 Å². The van der Waals surface area contributed by atoms with Gasteiger partial charge in [0.15, 0.2) is 9.84 Å². The second kappa shape index (κ2) is 7.93. The van der Waals surface area contributed by atoms with E-state index in [1.165, 1.54) is 5.56 Å². The molecule has 23 heavy (non-hydrogen) atoms. The van der Waals surface area contributed by atoms with E-state index in [2.05, 4.69) is 17.1 Å². The Labute approximate surface area is 139 Å². The summed E-state index contributed by atoms with van der Waals surface area (Å²) in [5, 5.41) is 2.90. The van der Waals surface area contributed by atoms with Crippen molar-refractivity contribution in [1.82, 2.24) is 4.90 Å². The van der Waals surface area contributed by atoms with Gasteiger partial charge in [0.05, 0.1) is 11.5 Å². The number of carbonyl (C=O) groups excluding carboxylic acids is 1. The van der Waals surface area contributed by atoms with Crippen LogP contribution in [0.25, 0.3) is 0 Å². The minimum absolute atomic E-state index is 0.0337. The van der Waals surface area contributed by atoms with E-state index in [9.17, 15) is 13.2 Å². The van der Waals surface area contributed by atoms with Crippen LogP contribution in [0.2, 0.25) is 0 Å². The SMILES string of the molecule is CCc1ccc(NC(=O)CCN(CC)C2CCS(=O)(=O)C2)cc1. The molecular weight excluding hydrogens is 312 g/mol. The first kappa shape index (κ1) is 17.9. The van der Waals surface area contributed by atoms with Gasteiger partial charge >= 0.3 is 0 Å². The van der Waals surface area contributed by atoms with E-state index in [0.29, 0.717) is 19.4 Å². The molecule has 1 aliphatic rings. The predicted molar refractivity (Wildman–Crippen MR) is 93.4 cm³/mol. The zero-order valence-electron chi connectivity index (χ0n) is 13.9. The van der Waals surface area contributed by atoms with Gasteiger partial charge in [0.25, 0.3) is 0 Å². The first-order valence-corrected chi connectivity index (χ1v) is 10.1. The third kappa shape index (κ3) is 5.32. The van der Waals surface area contributed by atoms with Gasteiger partial charge in [-0.25, -0.2) is 8.42 Å². The number of nitrogens with zero attached hydrogens (tertiary/aromatic N) is 1. The Hall–Kier alpha value is -1.40. The van der Waals surface area contributed by atoms with Crippen LogP contribution in [-0.4, -0.2) is 49.9 Å². The van der Waals surface area contributed by atoms with Crippen LogP contribution in [0, 0.1) is 0 Å². The topological polar surface area (TPSA) is 66.5 Å². The number of anilines is 1. The number of hydrogen-bond acceptors (Lipinski definition) is 4. The van der Waals surface area contributed by atoms with E-state index >= 15 is 0 Å². The Bertz CT molecular complexity index is 626. The molecule has 2 rings (SSSR count). The van der Waals surface area contributed by atoms with E-state index in [1.54, 1.807) is 0 Å². The Morgan fingerprint density at radius 1 is 1.26 bits per heavy atom. The molecule has 0 spiro atoms. The molecule has 1 saturated heterocycles. The molecule has 1 unspecified atom stereocenters. The van der Waals surface area contributed by atoms with Gasteiger partial charge in [-0.1, -0.05) is 26.0 Å². The van der Waals surface area contributed by atoms with Gasteiger partial charge in [-0.05, 0) is 37.1 Å². The molecule has 1 atom stereocenters. The van der Waals surface area contributed by atoms with Crippen LogP contribution in [0.15, 0.2) is 24.3 Å². The number of hydrogen-bond donors (Lipinski definition) is 1. The summed E-state index contributed by atoms with van der Waals surface area (Å²) in [6.45, 7) is 5.46. The highest BCUT2D eigenvalue weighted by Gasteiger charge is 2.31. The van der Waals surface area contributed by atoms with Gasteiger partial charge in [0.2, 0.25) is 5.91 Å². The summed E-state index contributed by atoms with van der Waals surface area (Å²) in [7, 11) is -2.89. The molecule has 1 fully saturated rings. The van der Waals surface area contributed by atoms with Crippen molar-refractivity contribution in [2.45, 2.75) is 39.2 Å². The fourth-order valence-corrected chi connectivity index (χ4v) is 4.72. The monoisotopic (exact) mass is 338 g/mol. The smallest absolute Gasteiger partial charge is 0.225 e. The molecule has 0 radical (unpaired) electrons. The molecule has 0 bridgehead atoms. The van der Waals surface area contributed by atoms with E-state index in [4.69, 9.17) is 0 Å². The predicted octanol–water partition coefficient (Wildman–Crippen LogP) is 2.09. The molecular formula is C17H26N2O3S. The Kier molecular flexibility index (Phi) is 6.18. The first-order valence-electron chi connectivity index (χ1n) is 8.26. The van der Waals surface area contributed by atoms with Crippen molar-refractivity contribution in [3.05, 3.63) is 29.8 Å². The molecule has 6 heteroatoms. The Morgan fingerprint density at radius 2 is 1.96 bits per heavy atom. The molecule has 1 N–H and O–H groups in total. The molecule has 1 amide bonds. The molecule has 1 aromatic carbocycles. The molecule has 128 valence electrons. The highest BCUT2D eigenvalue weighted by molar-refractivity contribution is 7.91. The lowest BCUT2D eigenvalue weighted by molar-refractivity contribution is -0.116. The lowest BCUT2D eigenvalue weighted by atomic mass is 10.1. The van der Waals surface area contributed by atoms with Crippen molar-refractivity contribution in [2.75, 3.05) is 29.9 Å². The van der Waals surface area contributed by atoms with Crippen LogP contribution < -0.4 is 5.32 Å². The number of benzene rings is 1. The third-order valence-corrected chi connectivity index (χ3v) is 6.15. The highest BCUT2D eigenvalue weighted by Crippen LogP contribution is 2.18. The van der Waals surface area contributed by atoms with Gasteiger partial charge in [-0.15, -0.1) is 0 Å². The zero-order valence-corrected chi connectivity index (χ0v) is 14.7. The lowest BCUT2D eigenvalue weighted by Crippen LogP contribution is -2.38. The van der Waals surface area contributed by atoms with E-state index in [1.807, 2.05) is 31.2 Å². The molecule has 0 aliphatic carbocycles. The van der Waals surface area contributed by atoms with Gasteiger partial charge in [0.1, 0.15) is 0 Å². The van der Waals surface area contributed by atoms with Crippen LogP contribution in [0.5, 0.6) is 0 Å². The van der Waals surface area contributed by atoms with Crippen molar-refractivity contribution < 1.29 is 13.2 Å². The average molecular weight is 338 g/mol. The number of sulfone groups is 1. The summed E-state index contributed by atoms with van der Waals surface area (Å²) in [5.74, 6) is 0.457. The molecule has 0 saturated carbocycles. The van der Waals surface area contributed by atoms with Gasteiger partial charge in [0, 0.05) is 24.7 Å². The molecule has 1 aliphatic heterocycles. The molecule has 5 nitrogen and oxygen atoms in total. The van der Waals surface area contributed by atoms with E-state index in [0.717, 1.165) is 18.7 Å². The summed E-state index contributed by atoms with van der Waals surface area (Å²) in [6, 6.07) is 7.91. The van der Waals surface area contributed by atoms with Crippen molar-refractivity contribution in [1.29, 1.82) is 0 Å². The van der Waals surface area contributed by atoms with Crippen molar-refractivity contribution >= 4 is 21.4 Å². The maximum Gasteiger partial charge on any atom is 0.225 e. The second-order valence-electron chi connectivity index (χ2n) is 6.03. The fraction of sp³-hybridized carbons (Fsp3) is 0.588. The number of nitrogens with one attached hydrogen (secondary N) is 1. The summed E-state index contributed by atoms with van der Waals surface area (Å²) in [6.07, 6.45) is 2.03. The van der Waals surface area contributed by atoms with E-state index < -0.39 is 9.84 Å². The molecule has 1 aromatic rings. The molecule has 1 heterocycles. The number of rotatable bonds is 7. The minimum atomic E-state index is -2.89. The van der Waals surface area contributed by atoms with Gasteiger partial charge < -0.3 is 5.32 Å². The van der Waals surface area contributed by atoms with Gasteiger partial charge in [-0.2, -0.15) is 0 Å². The summed E-state index contributed by atoms with van der Waals surface area (Å²) in [5.41, 5.74) is 2.04. The summed E-state index contributed by atoms with van der Waals surface area (Å²) in [4.78, 5) is 14.2. The second-order valence-corrected chi connectivity index (χ2v) is 8.26. The van der Waals surface area contributed by atoms with Crippen LogP contribution in [0.3, 0.4) is 0 Å². The maximum absolute atomic E-state index is 12.1. The zero-order chi connectivity index (χ0) is 16.9. The third-order valence-electron chi connectivity index (χ3n) is 4.40. The van der Waals surface area contributed by atoms with Crippen molar-refractivity contribution in [3.63, 3.8) is 0 Å². The molecule has 0 aromatic heterocycles. The Morgan fingerprint density at radius 3 is 2.48 bits per heavy atom. The Balaban J connectivity index is 1.82. The number of amides is 1. The quantitative estimate of drug-likeness (QED) is 0.827. The van der Waals surface area contributed by atoms with Crippen LogP contribution >= 0.6 is 0 Å². The maximum atomic E-state index is 12.1. The number of aryl methyl sites for hydroxylation is 1. The highest BCUT2D eigenvalue weighted by atomic mass is 32.2. The van der Waals surface area contributed by atoms with Gasteiger partial charge in [-0.3, -0.25) is 9.69 Å². The summed E-state index contributed by atoms with van der Waals surface area (Å²) < 4.78 is 23.2. The van der Waals surface area contributed by atoms with Crippen molar-refractivity contribution in [2.24, 2.45) is 0 Å². The van der Waals surface area contributed by atoms with Crippen molar-refractivity contribution in [3.8, 4) is 0 Å². The van der Waals surface area contributed by atoms with Crippen LogP contribution in [-0.2, 0) is 21.1 Å². The normalized spacial score (nSPS) is 19.9. The summed E-state index contributed by atoms with van der Waals surface area (Å²) >= 11 is 0. The fourth-order valence-electron chi connectivity index (χ4n) is 2.95. The largest absolute Gasteiger partial charge is 0.326 e. The van der Waals surface area contributed by atoms with Crippen LogP contribution in [0.1, 0.15) is 32.3 Å². The standard InChI is InChI=1S/C17H26N2O3S/c1-3-14-5-7-15(8-6-14)18-17(20)9-11-19(4-2)16-10-12-23(21,22)13-16/h5-8,16H,3-4,9-13H2,1-2H3,(H,18,20). The lowest BCUT2D eigenvalue weighted by Gasteiger charge is -2.26. The first-order chi connectivity index (χ1) is 10.9. The minimum Gasteiger partial charge on any atom is -0.326 e. The van der Waals surface area contributed by atoms with E-state index in [-0.39, 0.29) is 23.5 Å². The average Bonchev–Trinajstić information content (AvgIpc) is 2.88.